The van der Waals surface area contributed by atoms with Gasteiger partial charge in [0.1, 0.15) is 6.04 Å². The Balaban J connectivity index is 1.90. The van der Waals surface area contributed by atoms with Gasteiger partial charge in [-0.1, -0.05) is 0 Å². The zero-order chi connectivity index (χ0) is 14.5. The molecule has 0 radical (unpaired) electrons. The van der Waals surface area contributed by atoms with Crippen LogP contribution in [-0.2, 0) is 11.3 Å². The molecule has 1 aliphatic heterocycles. The topological polar surface area (TPSA) is 61.4 Å². The van der Waals surface area contributed by atoms with Gasteiger partial charge in [-0.2, -0.15) is 0 Å². The summed E-state index contributed by atoms with van der Waals surface area (Å²) in [6.45, 7) is 3.31. The third kappa shape index (κ3) is 3.72. The van der Waals surface area contributed by atoms with Crippen molar-refractivity contribution in [2.24, 2.45) is 0 Å². The number of nitrogens with one attached hydrogen (secondary N) is 2. The monoisotopic (exact) mass is 295 g/mol. The Morgan fingerprint density at radius 2 is 2.35 bits per heavy atom. The van der Waals surface area contributed by atoms with Gasteiger partial charge in [-0.3, -0.25) is 4.79 Å². The lowest BCUT2D eigenvalue weighted by Gasteiger charge is -2.21. The SMILES string of the molecule is Cc1ccsc1CN(C)C(=O)N[C@H]1CCCCNC1=O. The van der Waals surface area contributed by atoms with E-state index >= 15 is 0 Å². The van der Waals surface area contributed by atoms with Crippen molar-refractivity contribution in [3.8, 4) is 0 Å². The fourth-order valence-corrected chi connectivity index (χ4v) is 3.15. The molecule has 0 aromatic carbocycles. The van der Waals surface area contributed by atoms with E-state index in [1.807, 2.05) is 18.4 Å². The Labute approximate surface area is 123 Å². The Bertz CT molecular complexity index is 487. The fourth-order valence-electron chi connectivity index (χ4n) is 2.19. The second-order valence-electron chi connectivity index (χ2n) is 5.17. The molecular formula is C14H21N3O2S. The molecule has 2 heterocycles. The first kappa shape index (κ1) is 14.8. The number of hydrogen-bond acceptors (Lipinski definition) is 3. The summed E-state index contributed by atoms with van der Waals surface area (Å²) in [5.41, 5.74) is 1.20. The van der Waals surface area contributed by atoms with E-state index in [0.29, 0.717) is 19.5 Å². The number of rotatable bonds is 3. The Morgan fingerprint density at radius 3 is 3.05 bits per heavy atom. The van der Waals surface area contributed by atoms with Crippen molar-refractivity contribution in [1.82, 2.24) is 15.5 Å². The summed E-state index contributed by atoms with van der Waals surface area (Å²) >= 11 is 1.64. The molecule has 3 amide bonds. The van der Waals surface area contributed by atoms with E-state index in [0.717, 1.165) is 12.8 Å². The summed E-state index contributed by atoms with van der Waals surface area (Å²) in [5.74, 6) is -0.0726. The molecule has 110 valence electrons. The number of hydrogen-bond donors (Lipinski definition) is 2. The third-order valence-electron chi connectivity index (χ3n) is 3.53. The number of carbonyl (C=O) groups excluding carboxylic acids is 2. The van der Waals surface area contributed by atoms with Crippen LogP contribution in [0, 0.1) is 6.92 Å². The fraction of sp³-hybridized carbons (Fsp3) is 0.571. The third-order valence-corrected chi connectivity index (χ3v) is 4.54. The van der Waals surface area contributed by atoms with Crippen molar-refractivity contribution < 1.29 is 9.59 Å². The van der Waals surface area contributed by atoms with Gasteiger partial charge in [-0.05, 0) is 43.2 Å². The molecule has 1 atom stereocenters. The molecule has 1 aromatic heterocycles. The average molecular weight is 295 g/mol. The van der Waals surface area contributed by atoms with Gasteiger partial charge < -0.3 is 15.5 Å². The summed E-state index contributed by atoms with van der Waals surface area (Å²) in [7, 11) is 1.75. The van der Waals surface area contributed by atoms with Gasteiger partial charge in [-0.25, -0.2) is 4.79 Å². The molecule has 5 nitrogen and oxygen atoms in total. The van der Waals surface area contributed by atoms with Crippen LogP contribution in [0.4, 0.5) is 4.79 Å². The predicted molar refractivity (Wildman–Crippen MR) is 79.7 cm³/mol. The first-order valence-corrected chi connectivity index (χ1v) is 7.78. The zero-order valence-electron chi connectivity index (χ0n) is 11.9. The normalized spacial score (nSPS) is 19.1. The standard InChI is InChI=1S/C14H21N3O2S/c1-10-6-8-20-12(10)9-17(2)14(19)16-11-5-3-4-7-15-13(11)18/h6,8,11H,3-5,7,9H2,1-2H3,(H,15,18)(H,16,19)/t11-/m0/s1. The van der Waals surface area contributed by atoms with Crippen molar-refractivity contribution in [2.45, 2.75) is 38.8 Å². The highest BCUT2D eigenvalue weighted by atomic mass is 32.1. The maximum atomic E-state index is 12.1. The summed E-state index contributed by atoms with van der Waals surface area (Å²) in [6.07, 6.45) is 2.64. The molecule has 0 bridgehead atoms. The molecule has 1 saturated heterocycles. The molecule has 6 heteroatoms. The van der Waals surface area contributed by atoms with E-state index in [1.165, 1.54) is 10.4 Å². The lowest BCUT2D eigenvalue weighted by molar-refractivity contribution is -0.122. The van der Waals surface area contributed by atoms with E-state index in [-0.39, 0.29) is 11.9 Å². The maximum Gasteiger partial charge on any atom is 0.318 e. The largest absolute Gasteiger partial charge is 0.354 e. The van der Waals surface area contributed by atoms with Gasteiger partial charge in [0.25, 0.3) is 0 Å². The van der Waals surface area contributed by atoms with Crippen LogP contribution in [0.2, 0.25) is 0 Å². The highest BCUT2D eigenvalue weighted by molar-refractivity contribution is 7.10. The summed E-state index contributed by atoms with van der Waals surface area (Å²) in [6, 6.07) is 1.45. The minimum Gasteiger partial charge on any atom is -0.354 e. The van der Waals surface area contributed by atoms with Gasteiger partial charge in [0, 0.05) is 18.5 Å². The minimum atomic E-state index is -0.406. The van der Waals surface area contributed by atoms with Crippen LogP contribution in [0.25, 0.3) is 0 Å². The van der Waals surface area contributed by atoms with Gasteiger partial charge in [-0.15, -0.1) is 11.3 Å². The molecular weight excluding hydrogens is 274 g/mol. The van der Waals surface area contributed by atoms with Crippen LogP contribution >= 0.6 is 11.3 Å². The molecule has 2 N–H and O–H groups in total. The minimum absolute atomic E-state index is 0.0726. The lowest BCUT2D eigenvalue weighted by Crippen LogP contribution is -2.49. The summed E-state index contributed by atoms with van der Waals surface area (Å²) in [5, 5.41) is 7.67. The van der Waals surface area contributed by atoms with Gasteiger partial charge >= 0.3 is 6.03 Å². The molecule has 0 spiro atoms. The molecule has 0 saturated carbocycles. The van der Waals surface area contributed by atoms with E-state index in [9.17, 15) is 9.59 Å². The number of carbonyl (C=O) groups is 2. The number of aryl methyl sites for hydroxylation is 1. The molecule has 0 unspecified atom stereocenters. The lowest BCUT2D eigenvalue weighted by atomic mass is 10.1. The van der Waals surface area contributed by atoms with Crippen LogP contribution in [-0.4, -0.2) is 36.5 Å². The Kier molecular flexibility index (Phi) is 5.00. The van der Waals surface area contributed by atoms with Gasteiger partial charge in [0.15, 0.2) is 0 Å². The van der Waals surface area contributed by atoms with Crippen LogP contribution in [0.5, 0.6) is 0 Å². The molecule has 1 aliphatic rings. The first-order valence-electron chi connectivity index (χ1n) is 6.90. The van der Waals surface area contributed by atoms with Gasteiger partial charge in [0.2, 0.25) is 5.91 Å². The summed E-state index contributed by atoms with van der Waals surface area (Å²) < 4.78 is 0. The van der Waals surface area contributed by atoms with E-state index in [2.05, 4.69) is 10.6 Å². The highest BCUT2D eigenvalue weighted by Crippen LogP contribution is 2.17. The first-order chi connectivity index (χ1) is 9.58. The van der Waals surface area contributed by atoms with Crippen molar-refractivity contribution in [3.63, 3.8) is 0 Å². The maximum absolute atomic E-state index is 12.1. The van der Waals surface area contributed by atoms with Gasteiger partial charge in [0.05, 0.1) is 6.54 Å². The van der Waals surface area contributed by atoms with E-state index < -0.39 is 6.04 Å². The van der Waals surface area contributed by atoms with E-state index in [4.69, 9.17) is 0 Å². The van der Waals surface area contributed by atoms with Crippen molar-refractivity contribution >= 4 is 23.3 Å². The van der Waals surface area contributed by atoms with E-state index in [1.54, 1.807) is 23.3 Å². The molecule has 0 aliphatic carbocycles. The van der Waals surface area contributed by atoms with Crippen molar-refractivity contribution in [1.29, 1.82) is 0 Å². The number of thiophene rings is 1. The molecule has 1 aromatic rings. The van der Waals surface area contributed by atoms with Crippen LogP contribution in [0.1, 0.15) is 29.7 Å². The van der Waals surface area contributed by atoms with Crippen molar-refractivity contribution in [3.05, 3.63) is 21.9 Å². The molecule has 2 rings (SSSR count). The number of urea groups is 1. The number of amides is 3. The molecule has 20 heavy (non-hydrogen) atoms. The molecule has 1 fully saturated rings. The summed E-state index contributed by atoms with van der Waals surface area (Å²) in [4.78, 5) is 26.7. The Hall–Kier alpha value is -1.56. The quantitative estimate of drug-likeness (QED) is 0.894. The predicted octanol–water partition coefficient (Wildman–Crippen LogP) is 1.87. The smallest absolute Gasteiger partial charge is 0.318 e. The van der Waals surface area contributed by atoms with Crippen molar-refractivity contribution in [2.75, 3.05) is 13.6 Å². The number of nitrogens with zero attached hydrogens (tertiary/aromatic N) is 1. The van der Waals surface area contributed by atoms with Crippen LogP contribution in [0.3, 0.4) is 0 Å². The second-order valence-corrected chi connectivity index (χ2v) is 6.17. The Morgan fingerprint density at radius 1 is 1.55 bits per heavy atom. The zero-order valence-corrected chi connectivity index (χ0v) is 12.8. The van der Waals surface area contributed by atoms with Crippen LogP contribution in [0.15, 0.2) is 11.4 Å². The highest BCUT2D eigenvalue weighted by Gasteiger charge is 2.23. The average Bonchev–Trinajstić information content (AvgIpc) is 2.70. The second kappa shape index (κ2) is 6.74. The van der Waals surface area contributed by atoms with Crippen LogP contribution < -0.4 is 10.6 Å².